The Bertz CT molecular complexity index is 701. The van der Waals surface area contributed by atoms with Crippen LogP contribution in [0.4, 0.5) is 17.2 Å². The fourth-order valence-electron chi connectivity index (χ4n) is 1.75. The van der Waals surface area contributed by atoms with Gasteiger partial charge < -0.3 is 5.32 Å². The Labute approximate surface area is 109 Å². The number of anilines is 2. The van der Waals surface area contributed by atoms with Crippen molar-refractivity contribution < 1.29 is 0 Å². The van der Waals surface area contributed by atoms with E-state index in [-0.39, 0.29) is 0 Å². The van der Waals surface area contributed by atoms with E-state index in [4.69, 9.17) is 16.9 Å². The van der Waals surface area contributed by atoms with Crippen molar-refractivity contribution in [3.8, 4) is 6.07 Å². The molecule has 86 valence electrons. The lowest BCUT2D eigenvalue weighted by Crippen LogP contribution is -1.95. The SMILES string of the molecule is N#Cc1cnc2c(c1Cl)N=Cc1ccccc1N2. The number of hydrogen-bond donors (Lipinski definition) is 1. The number of fused-ring (bicyclic) bond motifs is 2. The summed E-state index contributed by atoms with van der Waals surface area (Å²) in [5.41, 5.74) is 2.67. The Morgan fingerprint density at radius 2 is 2.11 bits per heavy atom. The summed E-state index contributed by atoms with van der Waals surface area (Å²) in [4.78, 5) is 8.48. The van der Waals surface area contributed by atoms with E-state index in [0.717, 1.165) is 11.3 Å². The second-order valence-corrected chi connectivity index (χ2v) is 4.14. The minimum absolute atomic E-state index is 0.319. The first-order chi connectivity index (χ1) is 8.79. The van der Waals surface area contributed by atoms with E-state index in [2.05, 4.69) is 15.3 Å². The number of para-hydroxylation sites is 1. The van der Waals surface area contributed by atoms with Gasteiger partial charge in [-0.1, -0.05) is 29.8 Å². The van der Waals surface area contributed by atoms with Gasteiger partial charge in [0.25, 0.3) is 0 Å². The lowest BCUT2D eigenvalue weighted by atomic mass is 10.2. The van der Waals surface area contributed by atoms with Crippen LogP contribution in [0.15, 0.2) is 35.5 Å². The van der Waals surface area contributed by atoms with Gasteiger partial charge in [-0.2, -0.15) is 5.26 Å². The minimum Gasteiger partial charge on any atom is -0.338 e. The average molecular weight is 255 g/mol. The summed E-state index contributed by atoms with van der Waals surface area (Å²) in [6.07, 6.45) is 3.15. The van der Waals surface area contributed by atoms with Crippen LogP contribution >= 0.6 is 11.6 Å². The Morgan fingerprint density at radius 3 is 2.94 bits per heavy atom. The van der Waals surface area contributed by atoms with E-state index in [1.165, 1.54) is 6.20 Å². The predicted molar refractivity (Wildman–Crippen MR) is 70.9 cm³/mol. The molecule has 0 atom stereocenters. The highest BCUT2D eigenvalue weighted by Crippen LogP contribution is 2.37. The van der Waals surface area contributed by atoms with Gasteiger partial charge in [0.2, 0.25) is 0 Å². The van der Waals surface area contributed by atoms with Crippen molar-refractivity contribution in [2.24, 2.45) is 4.99 Å². The Kier molecular flexibility index (Phi) is 2.47. The third-order valence-electron chi connectivity index (χ3n) is 2.66. The van der Waals surface area contributed by atoms with Crippen LogP contribution in [-0.4, -0.2) is 11.2 Å². The van der Waals surface area contributed by atoms with Crippen molar-refractivity contribution in [2.75, 3.05) is 5.32 Å². The van der Waals surface area contributed by atoms with E-state index in [1.807, 2.05) is 30.3 Å². The molecule has 0 radical (unpaired) electrons. The maximum atomic E-state index is 8.92. The third kappa shape index (κ3) is 1.62. The zero-order chi connectivity index (χ0) is 12.5. The van der Waals surface area contributed by atoms with E-state index in [9.17, 15) is 0 Å². The molecule has 2 aromatic rings. The van der Waals surface area contributed by atoms with Crippen LogP contribution in [0.25, 0.3) is 0 Å². The van der Waals surface area contributed by atoms with Crippen molar-refractivity contribution in [3.63, 3.8) is 0 Å². The molecule has 0 bridgehead atoms. The van der Waals surface area contributed by atoms with Crippen molar-refractivity contribution >= 4 is 35.0 Å². The van der Waals surface area contributed by atoms with Crippen LogP contribution in [-0.2, 0) is 0 Å². The smallest absolute Gasteiger partial charge is 0.157 e. The van der Waals surface area contributed by atoms with Crippen LogP contribution < -0.4 is 5.32 Å². The Balaban J connectivity index is 2.22. The summed E-state index contributed by atoms with van der Waals surface area (Å²) in [5.74, 6) is 0.556. The molecule has 0 spiro atoms. The van der Waals surface area contributed by atoms with Gasteiger partial charge in [0, 0.05) is 23.7 Å². The largest absolute Gasteiger partial charge is 0.338 e. The molecule has 1 N–H and O–H groups in total. The maximum absolute atomic E-state index is 8.92. The topological polar surface area (TPSA) is 61.1 Å². The number of nitrogens with zero attached hydrogens (tertiary/aromatic N) is 3. The van der Waals surface area contributed by atoms with Gasteiger partial charge in [-0.15, -0.1) is 0 Å². The molecular weight excluding hydrogens is 248 g/mol. The summed E-state index contributed by atoms with van der Waals surface area (Å²) >= 11 is 6.13. The fraction of sp³-hybridized carbons (Fsp3) is 0. The number of benzene rings is 1. The van der Waals surface area contributed by atoms with Crippen LogP contribution in [0.3, 0.4) is 0 Å². The molecule has 1 aliphatic heterocycles. The molecule has 3 rings (SSSR count). The molecule has 0 saturated heterocycles. The molecule has 1 aliphatic rings. The number of aliphatic imine (C=N–C) groups is 1. The first-order valence-corrected chi connectivity index (χ1v) is 5.66. The molecule has 1 aromatic heterocycles. The number of pyridine rings is 1. The normalized spacial score (nSPS) is 11.8. The lowest BCUT2D eigenvalue weighted by molar-refractivity contribution is 1.28. The predicted octanol–water partition coefficient (Wildman–Crippen LogP) is 3.41. The maximum Gasteiger partial charge on any atom is 0.157 e. The molecule has 0 amide bonds. The molecule has 2 heterocycles. The molecule has 5 heteroatoms. The molecule has 0 fully saturated rings. The summed E-state index contributed by atoms with van der Waals surface area (Å²) in [6.45, 7) is 0. The van der Waals surface area contributed by atoms with Crippen molar-refractivity contribution in [3.05, 3.63) is 46.6 Å². The van der Waals surface area contributed by atoms with E-state index < -0.39 is 0 Å². The van der Waals surface area contributed by atoms with Gasteiger partial charge in [0.05, 0.1) is 10.6 Å². The first kappa shape index (κ1) is 10.8. The van der Waals surface area contributed by atoms with Gasteiger partial charge >= 0.3 is 0 Å². The Morgan fingerprint density at radius 1 is 1.28 bits per heavy atom. The summed E-state index contributed by atoms with van der Waals surface area (Å²) in [5, 5.41) is 12.4. The van der Waals surface area contributed by atoms with Crippen LogP contribution in [0, 0.1) is 11.3 Å². The van der Waals surface area contributed by atoms with Gasteiger partial charge in [-0.25, -0.2) is 4.98 Å². The fourth-order valence-corrected chi connectivity index (χ4v) is 1.98. The highest BCUT2D eigenvalue weighted by atomic mass is 35.5. The van der Waals surface area contributed by atoms with Crippen molar-refractivity contribution in [2.45, 2.75) is 0 Å². The third-order valence-corrected chi connectivity index (χ3v) is 3.04. The number of nitriles is 1. The number of halogens is 1. The molecular formula is C13H7ClN4. The number of hydrogen-bond acceptors (Lipinski definition) is 4. The summed E-state index contributed by atoms with van der Waals surface area (Å²) in [7, 11) is 0. The van der Waals surface area contributed by atoms with Crippen LogP contribution in [0.2, 0.25) is 5.02 Å². The summed E-state index contributed by atoms with van der Waals surface area (Å²) < 4.78 is 0. The van der Waals surface area contributed by atoms with E-state index >= 15 is 0 Å². The van der Waals surface area contributed by atoms with Crippen molar-refractivity contribution in [1.29, 1.82) is 5.26 Å². The van der Waals surface area contributed by atoms with E-state index in [1.54, 1.807) is 6.21 Å². The molecule has 4 nitrogen and oxygen atoms in total. The molecule has 18 heavy (non-hydrogen) atoms. The molecule has 0 unspecified atom stereocenters. The zero-order valence-electron chi connectivity index (χ0n) is 9.18. The quantitative estimate of drug-likeness (QED) is 0.669. The van der Waals surface area contributed by atoms with Gasteiger partial charge in [0.15, 0.2) is 5.82 Å². The van der Waals surface area contributed by atoms with Crippen LogP contribution in [0.1, 0.15) is 11.1 Å². The van der Waals surface area contributed by atoms with Gasteiger partial charge in [-0.05, 0) is 6.07 Å². The second-order valence-electron chi connectivity index (χ2n) is 3.77. The Hall–Kier alpha value is -2.38. The zero-order valence-corrected chi connectivity index (χ0v) is 9.94. The van der Waals surface area contributed by atoms with Gasteiger partial charge in [0.1, 0.15) is 11.8 Å². The second kappa shape index (κ2) is 4.13. The number of nitrogens with one attached hydrogen (secondary N) is 1. The molecule has 0 saturated carbocycles. The lowest BCUT2D eigenvalue weighted by Gasteiger charge is -2.08. The van der Waals surface area contributed by atoms with Crippen LogP contribution in [0.5, 0.6) is 0 Å². The highest BCUT2D eigenvalue weighted by molar-refractivity contribution is 6.35. The van der Waals surface area contributed by atoms with Crippen molar-refractivity contribution in [1.82, 2.24) is 4.98 Å². The molecule has 0 aliphatic carbocycles. The monoisotopic (exact) mass is 254 g/mol. The summed E-state index contributed by atoms with van der Waals surface area (Å²) in [6, 6.07) is 9.72. The average Bonchev–Trinajstić information content (AvgIpc) is 2.58. The highest BCUT2D eigenvalue weighted by Gasteiger charge is 2.15. The standard InChI is InChI=1S/C13H7ClN4/c14-11-9(5-15)7-17-13-12(11)16-6-8-3-1-2-4-10(8)18-13/h1-4,6-7H,(H,17,18). The van der Waals surface area contributed by atoms with E-state index in [0.29, 0.717) is 22.1 Å². The number of aromatic nitrogens is 1. The number of rotatable bonds is 0. The first-order valence-electron chi connectivity index (χ1n) is 5.28. The van der Waals surface area contributed by atoms with Gasteiger partial charge in [-0.3, -0.25) is 4.99 Å². The molecule has 1 aromatic carbocycles. The minimum atomic E-state index is 0.319.